The van der Waals surface area contributed by atoms with Gasteiger partial charge in [-0.2, -0.15) is 5.10 Å². The summed E-state index contributed by atoms with van der Waals surface area (Å²) in [5.74, 6) is 0.0427. The van der Waals surface area contributed by atoms with Crippen LogP contribution in [-0.2, 0) is 17.6 Å². The van der Waals surface area contributed by atoms with Crippen LogP contribution in [0, 0.1) is 6.92 Å². The van der Waals surface area contributed by atoms with Crippen LogP contribution in [0.4, 0.5) is 0 Å². The number of carbonyl (C=O) groups is 1. The molecule has 23 heavy (non-hydrogen) atoms. The molecule has 0 bridgehead atoms. The van der Waals surface area contributed by atoms with E-state index in [0.29, 0.717) is 6.42 Å². The summed E-state index contributed by atoms with van der Waals surface area (Å²) >= 11 is 0. The van der Waals surface area contributed by atoms with Gasteiger partial charge in [0.1, 0.15) is 0 Å². The van der Waals surface area contributed by atoms with E-state index in [0.717, 1.165) is 34.1 Å². The molecule has 0 aliphatic heterocycles. The van der Waals surface area contributed by atoms with Gasteiger partial charge < -0.3 is 5.32 Å². The number of rotatable bonds is 5. The van der Waals surface area contributed by atoms with Gasteiger partial charge in [0.25, 0.3) is 0 Å². The van der Waals surface area contributed by atoms with Crippen molar-refractivity contribution in [2.45, 2.75) is 32.7 Å². The Morgan fingerprint density at radius 2 is 2.00 bits per heavy atom. The Bertz CT molecular complexity index is 817. The van der Waals surface area contributed by atoms with Gasteiger partial charge in [0.15, 0.2) is 0 Å². The van der Waals surface area contributed by atoms with Crippen molar-refractivity contribution in [3.05, 3.63) is 65.5 Å². The summed E-state index contributed by atoms with van der Waals surface area (Å²) < 4.78 is 0. The Labute approximate surface area is 135 Å². The highest BCUT2D eigenvalue weighted by Crippen LogP contribution is 2.18. The average molecular weight is 307 g/mol. The Morgan fingerprint density at radius 3 is 2.78 bits per heavy atom. The summed E-state index contributed by atoms with van der Waals surface area (Å²) in [5.41, 5.74) is 3.07. The van der Waals surface area contributed by atoms with Gasteiger partial charge in [0.05, 0.1) is 12.1 Å². The predicted octanol–water partition coefficient (Wildman–Crippen LogP) is 3.16. The van der Waals surface area contributed by atoms with Gasteiger partial charge >= 0.3 is 0 Å². The number of aromatic nitrogens is 2. The molecule has 3 aromatic rings. The SMILES string of the molecule is Cc1cc(CC(C)NC(=O)Cc2cccc3ccccc23)n[nH]1. The lowest BCUT2D eigenvalue weighted by molar-refractivity contribution is -0.121. The minimum Gasteiger partial charge on any atom is -0.353 e. The van der Waals surface area contributed by atoms with Crippen molar-refractivity contribution in [1.29, 1.82) is 0 Å². The summed E-state index contributed by atoms with van der Waals surface area (Å²) in [6.45, 7) is 3.98. The fraction of sp³-hybridized carbons (Fsp3) is 0.263. The maximum absolute atomic E-state index is 12.3. The standard InChI is InChI=1S/C19H21N3O/c1-13(10-17-11-14(2)21-22-17)20-19(23)12-16-8-5-7-15-6-3-4-9-18(15)16/h3-9,11,13H,10,12H2,1-2H3,(H,20,23)(H,21,22). The molecule has 0 fully saturated rings. The fourth-order valence-corrected chi connectivity index (χ4v) is 2.89. The third-order valence-electron chi connectivity index (χ3n) is 3.91. The highest BCUT2D eigenvalue weighted by Gasteiger charge is 2.11. The Kier molecular flexibility index (Phi) is 4.42. The number of hydrogen-bond donors (Lipinski definition) is 2. The van der Waals surface area contributed by atoms with Crippen molar-refractivity contribution in [2.75, 3.05) is 0 Å². The second-order valence-electron chi connectivity index (χ2n) is 6.03. The second-order valence-corrected chi connectivity index (χ2v) is 6.03. The highest BCUT2D eigenvalue weighted by atomic mass is 16.1. The Balaban J connectivity index is 1.64. The largest absolute Gasteiger partial charge is 0.353 e. The molecule has 0 saturated carbocycles. The molecule has 2 N–H and O–H groups in total. The molecule has 2 aromatic carbocycles. The van der Waals surface area contributed by atoms with Crippen LogP contribution in [0.2, 0.25) is 0 Å². The molecule has 0 spiro atoms. The molecule has 0 aliphatic carbocycles. The Hall–Kier alpha value is -2.62. The van der Waals surface area contributed by atoms with Crippen LogP contribution in [0.1, 0.15) is 23.9 Å². The molecule has 3 rings (SSSR count). The summed E-state index contributed by atoms with van der Waals surface area (Å²) in [4.78, 5) is 12.3. The van der Waals surface area contributed by atoms with E-state index >= 15 is 0 Å². The first-order chi connectivity index (χ1) is 11.1. The van der Waals surface area contributed by atoms with Crippen molar-refractivity contribution in [1.82, 2.24) is 15.5 Å². The molecule has 4 nitrogen and oxygen atoms in total. The lowest BCUT2D eigenvalue weighted by Gasteiger charge is -2.13. The first-order valence-electron chi connectivity index (χ1n) is 7.88. The summed E-state index contributed by atoms with van der Waals surface area (Å²) in [6.07, 6.45) is 1.12. The topological polar surface area (TPSA) is 57.8 Å². The molecule has 1 atom stereocenters. The molecule has 1 heterocycles. The monoisotopic (exact) mass is 307 g/mol. The van der Waals surface area contributed by atoms with E-state index in [1.807, 2.05) is 44.2 Å². The Morgan fingerprint density at radius 1 is 1.22 bits per heavy atom. The first-order valence-corrected chi connectivity index (χ1v) is 7.88. The fourth-order valence-electron chi connectivity index (χ4n) is 2.89. The lowest BCUT2D eigenvalue weighted by Crippen LogP contribution is -2.35. The van der Waals surface area contributed by atoms with Crippen LogP contribution >= 0.6 is 0 Å². The van der Waals surface area contributed by atoms with Gasteiger partial charge in [-0.3, -0.25) is 9.89 Å². The van der Waals surface area contributed by atoms with Crippen molar-refractivity contribution >= 4 is 16.7 Å². The van der Waals surface area contributed by atoms with E-state index in [9.17, 15) is 4.79 Å². The quantitative estimate of drug-likeness (QED) is 0.760. The summed E-state index contributed by atoms with van der Waals surface area (Å²) in [5, 5.41) is 12.5. The maximum atomic E-state index is 12.3. The number of amides is 1. The van der Waals surface area contributed by atoms with Gasteiger partial charge in [0.2, 0.25) is 5.91 Å². The minimum atomic E-state index is 0.0427. The van der Waals surface area contributed by atoms with Gasteiger partial charge in [-0.1, -0.05) is 42.5 Å². The van der Waals surface area contributed by atoms with Crippen LogP contribution < -0.4 is 5.32 Å². The van der Waals surface area contributed by atoms with E-state index in [1.54, 1.807) is 0 Å². The van der Waals surface area contributed by atoms with Gasteiger partial charge in [-0.25, -0.2) is 0 Å². The molecule has 0 aliphatic rings. The van der Waals surface area contributed by atoms with Crippen LogP contribution in [-0.4, -0.2) is 22.1 Å². The molecular formula is C19H21N3O. The highest BCUT2D eigenvalue weighted by molar-refractivity contribution is 5.90. The zero-order chi connectivity index (χ0) is 16.2. The number of carbonyl (C=O) groups excluding carboxylic acids is 1. The first kappa shape index (κ1) is 15.3. The van der Waals surface area contributed by atoms with E-state index in [2.05, 4.69) is 33.7 Å². The van der Waals surface area contributed by atoms with Crippen LogP contribution in [0.15, 0.2) is 48.5 Å². The number of fused-ring (bicyclic) bond motifs is 1. The molecular weight excluding hydrogens is 286 g/mol. The summed E-state index contributed by atoms with van der Waals surface area (Å²) in [6, 6.07) is 16.3. The molecule has 0 saturated heterocycles. The van der Waals surface area contributed by atoms with Crippen LogP contribution in [0.3, 0.4) is 0 Å². The summed E-state index contributed by atoms with van der Waals surface area (Å²) in [7, 11) is 0. The lowest BCUT2D eigenvalue weighted by atomic mass is 10.0. The van der Waals surface area contributed by atoms with E-state index in [4.69, 9.17) is 0 Å². The van der Waals surface area contributed by atoms with Gasteiger partial charge in [0, 0.05) is 18.2 Å². The van der Waals surface area contributed by atoms with Gasteiger partial charge in [-0.05, 0) is 36.2 Å². The zero-order valence-corrected chi connectivity index (χ0v) is 13.5. The number of benzene rings is 2. The minimum absolute atomic E-state index is 0.0427. The number of hydrogen-bond acceptors (Lipinski definition) is 2. The average Bonchev–Trinajstić information content (AvgIpc) is 2.92. The zero-order valence-electron chi connectivity index (χ0n) is 13.5. The third-order valence-corrected chi connectivity index (χ3v) is 3.91. The number of aryl methyl sites for hydroxylation is 1. The molecule has 0 radical (unpaired) electrons. The van der Waals surface area contributed by atoms with Crippen molar-refractivity contribution in [2.24, 2.45) is 0 Å². The third kappa shape index (κ3) is 3.77. The van der Waals surface area contributed by atoms with E-state index in [-0.39, 0.29) is 11.9 Å². The smallest absolute Gasteiger partial charge is 0.224 e. The molecule has 1 unspecified atom stereocenters. The molecule has 1 amide bonds. The predicted molar refractivity (Wildman–Crippen MR) is 92.3 cm³/mol. The van der Waals surface area contributed by atoms with Gasteiger partial charge in [-0.15, -0.1) is 0 Å². The van der Waals surface area contributed by atoms with Crippen LogP contribution in [0.25, 0.3) is 10.8 Å². The molecule has 1 aromatic heterocycles. The van der Waals surface area contributed by atoms with Crippen LogP contribution in [0.5, 0.6) is 0 Å². The second kappa shape index (κ2) is 6.65. The van der Waals surface area contributed by atoms with Crippen molar-refractivity contribution in [3.63, 3.8) is 0 Å². The number of nitrogens with one attached hydrogen (secondary N) is 2. The normalized spacial score (nSPS) is 12.3. The molecule has 4 heteroatoms. The molecule has 118 valence electrons. The van der Waals surface area contributed by atoms with E-state index in [1.165, 1.54) is 0 Å². The number of H-pyrrole nitrogens is 1. The van der Waals surface area contributed by atoms with Crippen molar-refractivity contribution < 1.29 is 4.79 Å². The van der Waals surface area contributed by atoms with E-state index < -0.39 is 0 Å². The number of aromatic amines is 1. The number of nitrogens with zero attached hydrogens (tertiary/aromatic N) is 1. The van der Waals surface area contributed by atoms with Crippen molar-refractivity contribution in [3.8, 4) is 0 Å². The maximum Gasteiger partial charge on any atom is 0.224 e.